The van der Waals surface area contributed by atoms with Gasteiger partial charge < -0.3 is 15.1 Å². The molecule has 0 atom stereocenters. The average molecular weight is 377 g/mol. The van der Waals surface area contributed by atoms with E-state index in [0.717, 1.165) is 18.8 Å². The van der Waals surface area contributed by atoms with Crippen LogP contribution in [-0.2, 0) is 4.79 Å². The van der Waals surface area contributed by atoms with Crippen molar-refractivity contribution in [2.24, 2.45) is 5.92 Å². The Labute approximate surface area is 166 Å². The minimum atomic E-state index is -0.0434. The van der Waals surface area contributed by atoms with Gasteiger partial charge in [0.1, 0.15) is 0 Å². The van der Waals surface area contributed by atoms with E-state index in [0.29, 0.717) is 31.5 Å². The number of nitrogens with one attached hydrogen (secondary N) is 1. The van der Waals surface area contributed by atoms with Crippen molar-refractivity contribution >= 4 is 23.2 Å². The van der Waals surface area contributed by atoms with Crippen LogP contribution in [0, 0.1) is 5.92 Å². The second-order valence-corrected chi connectivity index (χ2v) is 7.66. The maximum absolute atomic E-state index is 12.6. The Morgan fingerprint density at radius 2 is 1.46 bits per heavy atom. The zero-order valence-corrected chi connectivity index (χ0v) is 16.1. The van der Waals surface area contributed by atoms with Crippen LogP contribution >= 0.6 is 0 Å². The summed E-state index contributed by atoms with van der Waals surface area (Å²) in [4.78, 5) is 29.4. The molecule has 2 saturated heterocycles. The second kappa shape index (κ2) is 8.46. The molecule has 146 valence electrons. The largest absolute Gasteiger partial charge is 0.372 e. The summed E-state index contributed by atoms with van der Waals surface area (Å²) in [5, 5.41) is 3.04. The SMILES string of the molecule is O=C(Nc1ccc(N2CCCC2)cc1)C1CCN(C(=O)c2ccccc2)CC1. The number of anilines is 2. The van der Waals surface area contributed by atoms with Crippen molar-refractivity contribution in [1.29, 1.82) is 0 Å². The van der Waals surface area contributed by atoms with E-state index in [4.69, 9.17) is 0 Å². The lowest BCUT2D eigenvalue weighted by Crippen LogP contribution is -2.41. The predicted molar refractivity (Wildman–Crippen MR) is 112 cm³/mol. The van der Waals surface area contributed by atoms with Crippen LogP contribution in [-0.4, -0.2) is 42.9 Å². The maximum Gasteiger partial charge on any atom is 0.253 e. The summed E-state index contributed by atoms with van der Waals surface area (Å²) in [5.41, 5.74) is 2.78. The van der Waals surface area contributed by atoms with E-state index in [9.17, 15) is 9.59 Å². The normalized spacial score (nSPS) is 17.6. The molecule has 0 spiro atoms. The average Bonchev–Trinajstić information content (AvgIpc) is 3.29. The first-order chi connectivity index (χ1) is 13.7. The van der Waals surface area contributed by atoms with Crippen molar-refractivity contribution in [2.45, 2.75) is 25.7 Å². The molecule has 0 bridgehead atoms. The summed E-state index contributed by atoms with van der Waals surface area (Å²) in [6.45, 7) is 3.48. The first-order valence-electron chi connectivity index (χ1n) is 10.2. The highest BCUT2D eigenvalue weighted by Gasteiger charge is 2.27. The quantitative estimate of drug-likeness (QED) is 0.882. The van der Waals surface area contributed by atoms with E-state index in [-0.39, 0.29) is 17.7 Å². The summed E-state index contributed by atoms with van der Waals surface area (Å²) in [6.07, 6.45) is 3.92. The van der Waals surface area contributed by atoms with E-state index in [1.54, 1.807) is 0 Å². The minimum Gasteiger partial charge on any atom is -0.372 e. The van der Waals surface area contributed by atoms with Crippen LogP contribution in [0.1, 0.15) is 36.0 Å². The monoisotopic (exact) mass is 377 g/mol. The van der Waals surface area contributed by atoms with Gasteiger partial charge in [0.2, 0.25) is 5.91 Å². The Balaban J connectivity index is 1.28. The molecule has 28 heavy (non-hydrogen) atoms. The van der Waals surface area contributed by atoms with E-state index >= 15 is 0 Å². The Bertz CT molecular complexity index is 806. The van der Waals surface area contributed by atoms with Crippen molar-refractivity contribution in [3.05, 3.63) is 60.2 Å². The Hall–Kier alpha value is -2.82. The number of likely N-dealkylation sites (tertiary alicyclic amines) is 1. The number of hydrogen-bond donors (Lipinski definition) is 1. The first kappa shape index (κ1) is 18.5. The number of rotatable bonds is 4. The summed E-state index contributed by atoms with van der Waals surface area (Å²) < 4.78 is 0. The van der Waals surface area contributed by atoms with Crippen LogP contribution in [0.5, 0.6) is 0 Å². The molecule has 0 aliphatic carbocycles. The van der Waals surface area contributed by atoms with E-state index in [1.807, 2.05) is 47.4 Å². The molecule has 2 aromatic carbocycles. The molecule has 2 amide bonds. The van der Waals surface area contributed by atoms with Crippen molar-refractivity contribution in [2.75, 3.05) is 36.4 Å². The standard InChI is InChI=1S/C23H27N3O2/c27-22(24-20-8-10-21(11-9-20)25-14-4-5-15-25)18-12-16-26(17-13-18)23(28)19-6-2-1-3-7-19/h1-3,6-11,18H,4-5,12-17H2,(H,24,27). The Morgan fingerprint density at radius 1 is 0.821 bits per heavy atom. The van der Waals surface area contributed by atoms with Crippen LogP contribution in [0.3, 0.4) is 0 Å². The molecule has 2 aromatic rings. The van der Waals surface area contributed by atoms with E-state index in [1.165, 1.54) is 18.5 Å². The highest BCUT2D eigenvalue weighted by Crippen LogP contribution is 2.24. The number of nitrogens with zero attached hydrogens (tertiary/aromatic N) is 2. The fourth-order valence-electron chi connectivity index (χ4n) is 4.08. The third-order valence-corrected chi connectivity index (χ3v) is 5.78. The third-order valence-electron chi connectivity index (χ3n) is 5.78. The van der Waals surface area contributed by atoms with Gasteiger partial charge in [-0.25, -0.2) is 0 Å². The van der Waals surface area contributed by atoms with Crippen molar-refractivity contribution in [3.63, 3.8) is 0 Å². The van der Waals surface area contributed by atoms with Crippen LogP contribution in [0.25, 0.3) is 0 Å². The molecule has 5 nitrogen and oxygen atoms in total. The number of amides is 2. The smallest absolute Gasteiger partial charge is 0.253 e. The molecule has 4 rings (SSSR count). The number of benzene rings is 2. The number of piperidine rings is 1. The molecule has 1 N–H and O–H groups in total. The van der Waals surface area contributed by atoms with Gasteiger partial charge >= 0.3 is 0 Å². The molecule has 2 heterocycles. The molecule has 2 aliphatic heterocycles. The first-order valence-corrected chi connectivity index (χ1v) is 10.2. The number of hydrogen-bond acceptors (Lipinski definition) is 3. The minimum absolute atomic E-state index is 0.0434. The third kappa shape index (κ3) is 4.19. The molecule has 0 radical (unpaired) electrons. The molecular weight excluding hydrogens is 350 g/mol. The van der Waals surface area contributed by atoms with Gasteiger partial charge in [0.05, 0.1) is 0 Å². The fourth-order valence-corrected chi connectivity index (χ4v) is 4.08. The predicted octanol–water partition coefficient (Wildman–Crippen LogP) is 3.78. The Kier molecular flexibility index (Phi) is 5.60. The number of carbonyl (C=O) groups is 2. The van der Waals surface area contributed by atoms with Gasteiger partial charge in [0, 0.05) is 49.0 Å². The summed E-state index contributed by atoms with van der Waals surface area (Å²) in [5.74, 6) is 0.0655. The van der Waals surface area contributed by atoms with Crippen LogP contribution in [0.4, 0.5) is 11.4 Å². The highest BCUT2D eigenvalue weighted by atomic mass is 16.2. The van der Waals surface area contributed by atoms with E-state index < -0.39 is 0 Å². The molecule has 5 heteroatoms. The van der Waals surface area contributed by atoms with Crippen LogP contribution in [0.2, 0.25) is 0 Å². The fraction of sp³-hybridized carbons (Fsp3) is 0.391. The van der Waals surface area contributed by atoms with Crippen molar-refractivity contribution in [3.8, 4) is 0 Å². The van der Waals surface area contributed by atoms with Gasteiger partial charge in [-0.15, -0.1) is 0 Å². The zero-order valence-electron chi connectivity index (χ0n) is 16.1. The van der Waals surface area contributed by atoms with Gasteiger partial charge in [-0.3, -0.25) is 9.59 Å². The van der Waals surface area contributed by atoms with Gasteiger partial charge in [-0.1, -0.05) is 18.2 Å². The lowest BCUT2D eigenvalue weighted by Gasteiger charge is -2.31. The highest BCUT2D eigenvalue weighted by molar-refractivity contribution is 5.95. The molecule has 0 unspecified atom stereocenters. The molecule has 0 saturated carbocycles. The van der Waals surface area contributed by atoms with E-state index in [2.05, 4.69) is 22.3 Å². The zero-order chi connectivity index (χ0) is 19.3. The lowest BCUT2D eigenvalue weighted by atomic mass is 9.95. The maximum atomic E-state index is 12.6. The van der Waals surface area contributed by atoms with Gasteiger partial charge in [-0.05, 0) is 62.1 Å². The molecular formula is C23H27N3O2. The molecule has 0 aromatic heterocycles. The summed E-state index contributed by atoms with van der Waals surface area (Å²) in [6, 6.07) is 17.5. The summed E-state index contributed by atoms with van der Waals surface area (Å²) >= 11 is 0. The molecule has 2 fully saturated rings. The summed E-state index contributed by atoms with van der Waals surface area (Å²) in [7, 11) is 0. The second-order valence-electron chi connectivity index (χ2n) is 7.66. The lowest BCUT2D eigenvalue weighted by molar-refractivity contribution is -0.121. The van der Waals surface area contributed by atoms with Crippen LogP contribution < -0.4 is 10.2 Å². The van der Waals surface area contributed by atoms with Crippen molar-refractivity contribution in [1.82, 2.24) is 4.90 Å². The molecule has 2 aliphatic rings. The van der Waals surface area contributed by atoms with Gasteiger partial charge in [0.15, 0.2) is 0 Å². The van der Waals surface area contributed by atoms with Crippen molar-refractivity contribution < 1.29 is 9.59 Å². The van der Waals surface area contributed by atoms with Gasteiger partial charge in [0.25, 0.3) is 5.91 Å². The van der Waals surface area contributed by atoms with Crippen LogP contribution in [0.15, 0.2) is 54.6 Å². The van der Waals surface area contributed by atoms with Gasteiger partial charge in [-0.2, -0.15) is 0 Å². The number of carbonyl (C=O) groups excluding carboxylic acids is 2. The Morgan fingerprint density at radius 3 is 2.11 bits per heavy atom. The topological polar surface area (TPSA) is 52.7 Å².